The number of hydrogen-bond acceptors (Lipinski definition) is 3. The summed E-state index contributed by atoms with van der Waals surface area (Å²) in [6.45, 7) is 2.91. The molecule has 0 aromatic heterocycles. The van der Waals surface area contributed by atoms with Gasteiger partial charge in [0, 0.05) is 19.0 Å². The quantitative estimate of drug-likeness (QED) is 0.758. The van der Waals surface area contributed by atoms with E-state index >= 15 is 0 Å². The molecule has 1 heterocycles. The summed E-state index contributed by atoms with van der Waals surface area (Å²) >= 11 is 0. The maximum absolute atomic E-state index is 12.5. The largest absolute Gasteiger partial charge is 0.461 e. The molecule has 1 aliphatic carbocycles. The van der Waals surface area contributed by atoms with E-state index in [0.717, 1.165) is 24.9 Å². The molecule has 124 valence electrons. The highest BCUT2D eigenvalue weighted by molar-refractivity contribution is 5.83. The first-order valence-corrected chi connectivity index (χ1v) is 8.65. The lowest BCUT2D eigenvalue weighted by Crippen LogP contribution is -2.38. The topological polar surface area (TPSA) is 46.6 Å². The van der Waals surface area contributed by atoms with Crippen LogP contribution in [0.5, 0.6) is 0 Å². The molecule has 3 rings (SSSR count). The molecule has 2 fully saturated rings. The molecule has 1 amide bonds. The van der Waals surface area contributed by atoms with Crippen molar-refractivity contribution in [1.29, 1.82) is 0 Å². The first kappa shape index (κ1) is 16.0. The number of amides is 1. The number of benzene rings is 1. The van der Waals surface area contributed by atoms with Crippen molar-refractivity contribution in [2.75, 3.05) is 6.54 Å². The van der Waals surface area contributed by atoms with Crippen molar-refractivity contribution in [3.8, 4) is 0 Å². The third-order valence-corrected chi connectivity index (χ3v) is 4.89. The molecular formula is C19H25NO3. The van der Waals surface area contributed by atoms with E-state index in [1.807, 2.05) is 35.2 Å². The van der Waals surface area contributed by atoms with Gasteiger partial charge in [0.1, 0.15) is 6.61 Å². The first-order valence-electron chi connectivity index (χ1n) is 8.65. The van der Waals surface area contributed by atoms with Crippen molar-refractivity contribution in [2.24, 2.45) is 11.8 Å². The molecule has 1 saturated carbocycles. The highest BCUT2D eigenvalue weighted by Gasteiger charge is 2.40. The van der Waals surface area contributed by atoms with Crippen LogP contribution in [0.25, 0.3) is 0 Å². The van der Waals surface area contributed by atoms with Crippen LogP contribution in [0, 0.1) is 11.8 Å². The van der Waals surface area contributed by atoms with Crippen LogP contribution in [0.2, 0.25) is 0 Å². The number of carbonyl (C=O) groups excluding carboxylic acids is 2. The van der Waals surface area contributed by atoms with Gasteiger partial charge >= 0.3 is 5.97 Å². The Balaban J connectivity index is 1.46. The lowest BCUT2D eigenvalue weighted by molar-refractivity contribution is -0.152. The van der Waals surface area contributed by atoms with Gasteiger partial charge in [0.25, 0.3) is 0 Å². The smallest absolute Gasteiger partial charge is 0.309 e. The van der Waals surface area contributed by atoms with Gasteiger partial charge in [-0.3, -0.25) is 9.59 Å². The van der Waals surface area contributed by atoms with Crippen LogP contribution < -0.4 is 0 Å². The zero-order chi connectivity index (χ0) is 16.2. The standard InChI is InChI=1S/C19H25NO3/c1-14(19(22)23-13-15-6-3-2-4-7-15)12-18(21)20-11-5-8-17(20)16-9-10-16/h2-4,6-7,14,16-17H,5,8-13H2,1H3/t14-,17?/m0/s1. The van der Waals surface area contributed by atoms with Crippen LogP contribution in [0.4, 0.5) is 0 Å². The number of rotatable bonds is 6. The van der Waals surface area contributed by atoms with Crippen LogP contribution >= 0.6 is 0 Å². The van der Waals surface area contributed by atoms with Crippen molar-refractivity contribution >= 4 is 11.9 Å². The molecule has 0 N–H and O–H groups in total. The maximum Gasteiger partial charge on any atom is 0.309 e. The molecule has 1 aromatic carbocycles. The van der Waals surface area contributed by atoms with E-state index in [1.54, 1.807) is 6.92 Å². The molecule has 0 spiro atoms. The van der Waals surface area contributed by atoms with E-state index in [9.17, 15) is 9.59 Å². The van der Waals surface area contributed by atoms with Gasteiger partial charge in [0.05, 0.1) is 5.92 Å². The fraction of sp³-hybridized carbons (Fsp3) is 0.579. The summed E-state index contributed by atoms with van der Waals surface area (Å²) in [6.07, 6.45) is 4.99. The van der Waals surface area contributed by atoms with Gasteiger partial charge < -0.3 is 9.64 Å². The molecule has 4 nitrogen and oxygen atoms in total. The second-order valence-corrected chi connectivity index (χ2v) is 6.83. The fourth-order valence-corrected chi connectivity index (χ4v) is 3.41. The molecule has 0 bridgehead atoms. The minimum absolute atomic E-state index is 0.114. The van der Waals surface area contributed by atoms with E-state index in [2.05, 4.69) is 0 Å². The molecule has 2 atom stereocenters. The Bertz CT molecular complexity index is 553. The van der Waals surface area contributed by atoms with Gasteiger partial charge in [-0.05, 0) is 37.2 Å². The minimum atomic E-state index is -0.383. The van der Waals surface area contributed by atoms with E-state index in [0.29, 0.717) is 12.0 Å². The van der Waals surface area contributed by atoms with Gasteiger partial charge in [-0.25, -0.2) is 0 Å². The van der Waals surface area contributed by atoms with E-state index in [1.165, 1.54) is 12.8 Å². The molecule has 1 aliphatic heterocycles. The molecule has 1 aromatic rings. The average molecular weight is 315 g/mol. The Morgan fingerprint density at radius 3 is 2.65 bits per heavy atom. The summed E-state index contributed by atoms with van der Waals surface area (Å²) in [7, 11) is 0. The molecule has 4 heteroatoms. The molecule has 1 saturated heterocycles. The number of likely N-dealkylation sites (tertiary alicyclic amines) is 1. The predicted octanol–water partition coefficient (Wildman–Crippen LogP) is 3.16. The van der Waals surface area contributed by atoms with Gasteiger partial charge in [-0.1, -0.05) is 37.3 Å². The Hall–Kier alpha value is -1.84. The molecular weight excluding hydrogens is 290 g/mol. The van der Waals surface area contributed by atoms with Crippen LogP contribution in [-0.2, 0) is 20.9 Å². The van der Waals surface area contributed by atoms with E-state index in [-0.39, 0.29) is 30.8 Å². The average Bonchev–Trinajstić information content (AvgIpc) is 3.30. The lowest BCUT2D eigenvalue weighted by atomic mass is 10.1. The molecule has 0 radical (unpaired) electrons. The summed E-state index contributed by atoms with van der Waals surface area (Å²) in [6, 6.07) is 10.0. The summed E-state index contributed by atoms with van der Waals surface area (Å²) in [5.74, 6) is 0.154. The summed E-state index contributed by atoms with van der Waals surface area (Å²) in [4.78, 5) is 26.6. The van der Waals surface area contributed by atoms with Crippen molar-refractivity contribution in [1.82, 2.24) is 4.90 Å². The Morgan fingerprint density at radius 1 is 1.22 bits per heavy atom. The van der Waals surface area contributed by atoms with Crippen LogP contribution in [0.1, 0.15) is 44.6 Å². The Morgan fingerprint density at radius 2 is 1.96 bits per heavy atom. The zero-order valence-electron chi connectivity index (χ0n) is 13.7. The van der Waals surface area contributed by atoms with E-state index in [4.69, 9.17) is 4.74 Å². The second-order valence-electron chi connectivity index (χ2n) is 6.83. The molecule has 2 aliphatic rings. The third-order valence-electron chi connectivity index (χ3n) is 4.89. The maximum atomic E-state index is 12.5. The van der Waals surface area contributed by atoms with Crippen molar-refractivity contribution < 1.29 is 14.3 Å². The van der Waals surface area contributed by atoms with Crippen LogP contribution in [0.3, 0.4) is 0 Å². The highest BCUT2D eigenvalue weighted by Crippen LogP contribution is 2.40. The zero-order valence-corrected chi connectivity index (χ0v) is 13.7. The first-order chi connectivity index (χ1) is 11.1. The van der Waals surface area contributed by atoms with Gasteiger partial charge in [-0.15, -0.1) is 0 Å². The molecule has 1 unspecified atom stereocenters. The predicted molar refractivity (Wildman–Crippen MR) is 87.5 cm³/mol. The SMILES string of the molecule is C[C@@H](CC(=O)N1CCCC1C1CC1)C(=O)OCc1ccccc1. The minimum Gasteiger partial charge on any atom is -0.461 e. The summed E-state index contributed by atoms with van der Waals surface area (Å²) in [5, 5.41) is 0. The summed E-state index contributed by atoms with van der Waals surface area (Å²) in [5.41, 5.74) is 0.965. The number of esters is 1. The van der Waals surface area contributed by atoms with Gasteiger partial charge in [0.2, 0.25) is 5.91 Å². The fourth-order valence-electron chi connectivity index (χ4n) is 3.41. The Kier molecular flexibility index (Phi) is 4.99. The van der Waals surface area contributed by atoms with Crippen molar-refractivity contribution in [2.45, 2.75) is 51.7 Å². The normalized spacial score (nSPS) is 22.0. The van der Waals surface area contributed by atoms with Crippen molar-refractivity contribution in [3.63, 3.8) is 0 Å². The number of carbonyl (C=O) groups is 2. The van der Waals surface area contributed by atoms with Crippen LogP contribution in [0.15, 0.2) is 30.3 Å². The number of hydrogen-bond donors (Lipinski definition) is 0. The van der Waals surface area contributed by atoms with Crippen molar-refractivity contribution in [3.05, 3.63) is 35.9 Å². The monoisotopic (exact) mass is 315 g/mol. The summed E-state index contributed by atoms with van der Waals surface area (Å²) < 4.78 is 5.33. The number of nitrogens with zero attached hydrogens (tertiary/aromatic N) is 1. The van der Waals surface area contributed by atoms with Gasteiger partial charge in [0.15, 0.2) is 0 Å². The van der Waals surface area contributed by atoms with Gasteiger partial charge in [-0.2, -0.15) is 0 Å². The third kappa shape index (κ3) is 4.12. The number of ether oxygens (including phenoxy) is 1. The van der Waals surface area contributed by atoms with Crippen LogP contribution in [-0.4, -0.2) is 29.4 Å². The lowest BCUT2D eigenvalue weighted by Gasteiger charge is -2.25. The highest BCUT2D eigenvalue weighted by atomic mass is 16.5. The second kappa shape index (κ2) is 7.16. The molecule has 23 heavy (non-hydrogen) atoms. The van der Waals surface area contributed by atoms with E-state index < -0.39 is 0 Å². The Labute approximate surface area is 137 Å².